The quantitative estimate of drug-likeness (QED) is 0.878. The number of aromatic nitrogens is 2. The highest BCUT2D eigenvalue weighted by Crippen LogP contribution is 2.18. The third-order valence-electron chi connectivity index (χ3n) is 2.68. The van der Waals surface area contributed by atoms with E-state index in [1.165, 1.54) is 33.0 Å². The molecule has 2 N–H and O–H groups in total. The van der Waals surface area contributed by atoms with Crippen molar-refractivity contribution < 1.29 is 14.7 Å². The third kappa shape index (κ3) is 3.99. The van der Waals surface area contributed by atoms with Crippen molar-refractivity contribution in [2.24, 2.45) is 0 Å². The highest BCUT2D eigenvalue weighted by molar-refractivity contribution is 7.09. The summed E-state index contributed by atoms with van der Waals surface area (Å²) in [6.45, 7) is 2.18. The first-order chi connectivity index (χ1) is 9.97. The molecule has 21 heavy (non-hydrogen) atoms. The van der Waals surface area contributed by atoms with Gasteiger partial charge in [0.05, 0.1) is 23.8 Å². The van der Waals surface area contributed by atoms with E-state index in [2.05, 4.69) is 15.3 Å². The Hall–Kier alpha value is -2.00. The van der Waals surface area contributed by atoms with Crippen molar-refractivity contribution in [1.82, 2.24) is 20.2 Å². The first kappa shape index (κ1) is 15.4. The predicted molar refractivity (Wildman–Crippen MR) is 79.6 cm³/mol. The lowest BCUT2D eigenvalue weighted by Crippen LogP contribution is -2.38. The summed E-state index contributed by atoms with van der Waals surface area (Å²) in [4.78, 5) is 32.4. The Morgan fingerprint density at radius 1 is 1.48 bits per heavy atom. The molecule has 2 rings (SSSR count). The van der Waals surface area contributed by atoms with Crippen LogP contribution in [0.3, 0.4) is 0 Å². The largest absolute Gasteiger partial charge is 0.476 e. The minimum Gasteiger partial charge on any atom is -0.476 e. The second-order valence-electron chi connectivity index (χ2n) is 4.38. The Morgan fingerprint density at radius 3 is 2.81 bits per heavy atom. The van der Waals surface area contributed by atoms with Crippen molar-refractivity contribution in [3.05, 3.63) is 32.7 Å². The molecule has 0 fully saturated rings. The average Bonchev–Trinajstić information content (AvgIpc) is 3.09. The van der Waals surface area contributed by atoms with Gasteiger partial charge in [0.1, 0.15) is 5.01 Å². The highest BCUT2D eigenvalue weighted by atomic mass is 32.1. The molecule has 0 aliphatic carbocycles. The number of carboxylic acids is 1. The molecule has 2 amide bonds. The number of thiazole rings is 2. The van der Waals surface area contributed by atoms with Crippen molar-refractivity contribution in [3.63, 3.8) is 0 Å². The van der Waals surface area contributed by atoms with Crippen molar-refractivity contribution in [3.8, 4) is 0 Å². The molecule has 0 aliphatic heterocycles. The number of nitrogens with one attached hydrogen (secondary N) is 1. The number of carboxylic acid groups (broad SMARTS) is 1. The van der Waals surface area contributed by atoms with Crippen LogP contribution in [-0.2, 0) is 6.54 Å². The van der Waals surface area contributed by atoms with Gasteiger partial charge in [-0.3, -0.25) is 0 Å². The van der Waals surface area contributed by atoms with Crippen LogP contribution >= 0.6 is 22.7 Å². The van der Waals surface area contributed by atoms with E-state index in [9.17, 15) is 9.59 Å². The zero-order valence-electron chi connectivity index (χ0n) is 11.4. The molecule has 0 aliphatic rings. The fourth-order valence-electron chi connectivity index (χ4n) is 1.57. The van der Waals surface area contributed by atoms with E-state index in [4.69, 9.17) is 5.11 Å². The molecule has 112 valence electrons. The number of carbonyl (C=O) groups is 2. The van der Waals surface area contributed by atoms with Crippen molar-refractivity contribution >= 4 is 34.7 Å². The molecule has 7 nitrogen and oxygen atoms in total. The number of hydrogen-bond donors (Lipinski definition) is 2. The lowest BCUT2D eigenvalue weighted by atomic mass is 10.3. The van der Waals surface area contributed by atoms with E-state index >= 15 is 0 Å². The zero-order valence-corrected chi connectivity index (χ0v) is 13.1. The Morgan fingerprint density at radius 2 is 2.24 bits per heavy atom. The van der Waals surface area contributed by atoms with Crippen LogP contribution in [0, 0.1) is 0 Å². The minimum absolute atomic E-state index is 0.00748. The lowest BCUT2D eigenvalue weighted by molar-refractivity contribution is 0.0691. The Balaban J connectivity index is 1.93. The van der Waals surface area contributed by atoms with Gasteiger partial charge < -0.3 is 15.3 Å². The summed E-state index contributed by atoms with van der Waals surface area (Å²) in [7, 11) is 1.67. The van der Waals surface area contributed by atoms with Gasteiger partial charge in [0.15, 0.2) is 5.69 Å². The number of rotatable bonds is 5. The number of urea groups is 1. The number of amides is 2. The number of hydrogen-bond acceptors (Lipinski definition) is 6. The highest BCUT2D eigenvalue weighted by Gasteiger charge is 2.18. The van der Waals surface area contributed by atoms with Gasteiger partial charge in [-0.05, 0) is 6.92 Å². The Kier molecular flexibility index (Phi) is 4.86. The zero-order chi connectivity index (χ0) is 15.4. The van der Waals surface area contributed by atoms with E-state index in [-0.39, 0.29) is 17.8 Å². The van der Waals surface area contributed by atoms with Gasteiger partial charge in [-0.1, -0.05) is 0 Å². The molecule has 0 saturated heterocycles. The van der Waals surface area contributed by atoms with E-state index < -0.39 is 5.97 Å². The van der Waals surface area contributed by atoms with Crippen molar-refractivity contribution in [2.45, 2.75) is 19.5 Å². The van der Waals surface area contributed by atoms with Crippen LogP contribution in [0.1, 0.15) is 34.2 Å². The van der Waals surface area contributed by atoms with Gasteiger partial charge in [0, 0.05) is 17.8 Å². The molecule has 0 radical (unpaired) electrons. The van der Waals surface area contributed by atoms with E-state index in [1.807, 2.05) is 5.38 Å². The van der Waals surface area contributed by atoms with Gasteiger partial charge in [-0.2, -0.15) is 0 Å². The van der Waals surface area contributed by atoms with Crippen LogP contribution in [0.4, 0.5) is 4.79 Å². The van der Waals surface area contributed by atoms with Crippen LogP contribution in [0.15, 0.2) is 16.3 Å². The van der Waals surface area contributed by atoms with Gasteiger partial charge in [-0.15, -0.1) is 22.7 Å². The summed E-state index contributed by atoms with van der Waals surface area (Å²) in [5.74, 6) is -1.07. The standard InChI is InChI=1S/C12H14N4O3S2/c1-7(10-15-9(5-21-10)11(17)18)14-12(19)16(2)3-8-4-20-6-13-8/h4-7H,3H2,1-2H3,(H,14,19)(H,17,18). The second-order valence-corrected chi connectivity index (χ2v) is 5.99. The first-order valence-corrected chi connectivity index (χ1v) is 7.87. The van der Waals surface area contributed by atoms with Crippen LogP contribution in [0.5, 0.6) is 0 Å². The normalized spacial score (nSPS) is 11.9. The van der Waals surface area contributed by atoms with E-state index in [0.29, 0.717) is 11.6 Å². The average molecular weight is 326 g/mol. The second kappa shape index (κ2) is 6.64. The molecule has 2 heterocycles. The molecule has 1 unspecified atom stereocenters. The summed E-state index contributed by atoms with van der Waals surface area (Å²) < 4.78 is 0. The maximum atomic E-state index is 12.0. The fourth-order valence-corrected chi connectivity index (χ4v) is 2.92. The summed E-state index contributed by atoms with van der Waals surface area (Å²) in [6.07, 6.45) is 0. The van der Waals surface area contributed by atoms with Gasteiger partial charge >= 0.3 is 12.0 Å². The Labute approximate surface area is 129 Å². The molecule has 2 aromatic heterocycles. The van der Waals surface area contributed by atoms with Crippen LogP contribution in [0.25, 0.3) is 0 Å². The van der Waals surface area contributed by atoms with Crippen LogP contribution in [0.2, 0.25) is 0 Å². The molecule has 0 aromatic carbocycles. The van der Waals surface area contributed by atoms with Crippen LogP contribution in [-0.4, -0.2) is 39.0 Å². The van der Waals surface area contributed by atoms with Gasteiger partial charge in [0.2, 0.25) is 0 Å². The summed E-state index contributed by atoms with van der Waals surface area (Å²) in [5.41, 5.74) is 2.53. The Bertz CT molecular complexity index is 626. The number of carbonyl (C=O) groups excluding carboxylic acids is 1. The summed E-state index contributed by atoms with van der Waals surface area (Å²) in [6, 6.07) is -0.615. The monoisotopic (exact) mass is 326 g/mol. The van der Waals surface area contributed by atoms with Crippen LogP contribution < -0.4 is 5.32 Å². The fraction of sp³-hybridized carbons (Fsp3) is 0.333. The smallest absolute Gasteiger partial charge is 0.355 e. The van der Waals surface area contributed by atoms with Crippen molar-refractivity contribution in [1.29, 1.82) is 0 Å². The van der Waals surface area contributed by atoms with Gasteiger partial charge in [-0.25, -0.2) is 19.6 Å². The predicted octanol–water partition coefficient (Wildman–Crippen LogP) is 2.20. The minimum atomic E-state index is -1.07. The molecule has 9 heteroatoms. The molecule has 2 aromatic rings. The molecule has 0 bridgehead atoms. The maximum Gasteiger partial charge on any atom is 0.355 e. The maximum absolute atomic E-state index is 12.0. The number of aromatic carboxylic acids is 1. The summed E-state index contributed by atoms with van der Waals surface area (Å²) in [5, 5.41) is 15.5. The third-order valence-corrected chi connectivity index (χ3v) is 4.34. The topological polar surface area (TPSA) is 95.4 Å². The van der Waals surface area contributed by atoms with Gasteiger partial charge in [0.25, 0.3) is 0 Å². The first-order valence-electron chi connectivity index (χ1n) is 6.04. The molecule has 1 atom stereocenters. The van der Waals surface area contributed by atoms with Crippen molar-refractivity contribution in [2.75, 3.05) is 7.05 Å². The lowest BCUT2D eigenvalue weighted by Gasteiger charge is -2.19. The summed E-state index contributed by atoms with van der Waals surface area (Å²) >= 11 is 2.69. The van der Waals surface area contributed by atoms with E-state index in [1.54, 1.807) is 19.5 Å². The molecular formula is C12H14N4O3S2. The molecule has 0 spiro atoms. The molecule has 0 saturated carbocycles. The molecular weight excluding hydrogens is 312 g/mol. The number of nitrogens with zero attached hydrogens (tertiary/aromatic N) is 3. The van der Waals surface area contributed by atoms with E-state index in [0.717, 1.165) is 5.69 Å². The SMILES string of the molecule is CC(NC(=O)N(C)Cc1cscn1)c1nc(C(=O)O)cs1.